The minimum Gasteiger partial charge on any atom is -1.00 e. The van der Waals surface area contributed by atoms with Crippen molar-refractivity contribution < 1.29 is 16.9 Å². The Balaban J connectivity index is 0.00000900. The van der Waals surface area contributed by atoms with Crippen molar-refractivity contribution in [2.45, 2.75) is 130 Å². The van der Waals surface area contributed by atoms with E-state index in [0.29, 0.717) is 0 Å². The Morgan fingerprint density at radius 3 is 1.52 bits per heavy atom. The normalized spacial score (nSPS) is 12.1. The van der Waals surface area contributed by atoms with Crippen LogP contribution in [0.1, 0.15) is 129 Å². The standard InChI is InChI=1S/C29H54N.ClH/c1-7-9-10-11-12-13-14-15-16-17-18-19-20-23-26-30(5,6)29(3,4)28-25-22-21-24-27(28)8-2;/h21-22,24-25H,7-20,23,26H2,1-6H3;1H/q+1;/p-1. The predicted octanol–water partition coefficient (Wildman–Crippen LogP) is 6.05. The summed E-state index contributed by atoms with van der Waals surface area (Å²) < 4.78 is 1.07. The van der Waals surface area contributed by atoms with Gasteiger partial charge < -0.3 is 16.9 Å². The first kappa shape index (κ1) is 30.5. The lowest BCUT2D eigenvalue weighted by Crippen LogP contribution is -3.00. The third-order valence-electron chi connectivity index (χ3n) is 7.64. The molecule has 0 bridgehead atoms. The molecule has 0 radical (unpaired) electrons. The molecule has 182 valence electrons. The molecular weight excluding hydrogens is 398 g/mol. The van der Waals surface area contributed by atoms with Crippen LogP contribution in [0.2, 0.25) is 0 Å². The molecule has 0 spiro atoms. The molecule has 0 unspecified atom stereocenters. The Kier molecular flexibility index (Phi) is 16.7. The summed E-state index contributed by atoms with van der Waals surface area (Å²) in [7, 11) is 4.85. The Labute approximate surface area is 202 Å². The van der Waals surface area contributed by atoms with Gasteiger partial charge in [-0.1, -0.05) is 115 Å². The first-order valence-electron chi connectivity index (χ1n) is 13.3. The van der Waals surface area contributed by atoms with Crippen LogP contribution in [0.25, 0.3) is 0 Å². The third kappa shape index (κ3) is 11.2. The van der Waals surface area contributed by atoms with E-state index in [4.69, 9.17) is 0 Å². The van der Waals surface area contributed by atoms with Crippen LogP contribution < -0.4 is 12.4 Å². The highest BCUT2D eigenvalue weighted by Crippen LogP contribution is 2.34. The van der Waals surface area contributed by atoms with E-state index in [1.165, 1.54) is 108 Å². The van der Waals surface area contributed by atoms with E-state index in [1.807, 2.05) is 0 Å². The largest absolute Gasteiger partial charge is 1.00 e. The lowest BCUT2D eigenvalue weighted by Gasteiger charge is -2.46. The van der Waals surface area contributed by atoms with Gasteiger partial charge in [-0.3, -0.25) is 0 Å². The van der Waals surface area contributed by atoms with Gasteiger partial charge in [0.2, 0.25) is 0 Å². The summed E-state index contributed by atoms with van der Waals surface area (Å²) in [5.41, 5.74) is 3.20. The molecule has 0 saturated heterocycles. The molecule has 0 saturated carbocycles. The Hall–Kier alpha value is -0.530. The molecule has 0 fully saturated rings. The molecule has 1 aromatic rings. The van der Waals surface area contributed by atoms with Gasteiger partial charge in [-0.05, 0) is 38.7 Å². The highest BCUT2D eigenvalue weighted by atomic mass is 35.5. The third-order valence-corrected chi connectivity index (χ3v) is 7.64. The van der Waals surface area contributed by atoms with Gasteiger partial charge in [-0.15, -0.1) is 0 Å². The molecule has 0 N–H and O–H groups in total. The molecule has 2 heteroatoms. The van der Waals surface area contributed by atoms with E-state index in [-0.39, 0.29) is 17.9 Å². The second kappa shape index (κ2) is 17.0. The van der Waals surface area contributed by atoms with Gasteiger partial charge in [0.15, 0.2) is 0 Å². The summed E-state index contributed by atoms with van der Waals surface area (Å²) in [5.74, 6) is 0. The molecule has 0 amide bonds. The number of rotatable bonds is 18. The highest BCUT2D eigenvalue weighted by molar-refractivity contribution is 5.31. The summed E-state index contributed by atoms with van der Waals surface area (Å²) in [6.45, 7) is 10.7. The van der Waals surface area contributed by atoms with E-state index in [1.54, 1.807) is 0 Å². The van der Waals surface area contributed by atoms with Crippen LogP contribution in [0.3, 0.4) is 0 Å². The minimum absolute atomic E-state index is 0. The molecule has 0 aliphatic heterocycles. The van der Waals surface area contributed by atoms with Gasteiger partial charge in [0.1, 0.15) is 5.54 Å². The molecule has 1 rings (SSSR count). The van der Waals surface area contributed by atoms with E-state index in [0.717, 1.165) is 10.9 Å². The van der Waals surface area contributed by atoms with Crippen molar-refractivity contribution in [3.05, 3.63) is 35.4 Å². The number of benzene rings is 1. The van der Waals surface area contributed by atoms with Crippen LogP contribution in [-0.2, 0) is 12.0 Å². The van der Waals surface area contributed by atoms with Gasteiger partial charge in [-0.2, -0.15) is 0 Å². The minimum atomic E-state index is 0. The fourth-order valence-corrected chi connectivity index (χ4v) is 4.73. The second-order valence-electron chi connectivity index (χ2n) is 10.6. The smallest absolute Gasteiger partial charge is 0.119 e. The van der Waals surface area contributed by atoms with Crippen molar-refractivity contribution in [1.29, 1.82) is 0 Å². The predicted molar refractivity (Wildman–Crippen MR) is 136 cm³/mol. The van der Waals surface area contributed by atoms with Crippen molar-refractivity contribution in [1.82, 2.24) is 0 Å². The number of quaternary nitrogens is 1. The summed E-state index contributed by atoms with van der Waals surface area (Å²) in [6.07, 6.45) is 21.2. The van der Waals surface area contributed by atoms with Gasteiger partial charge in [0.05, 0.1) is 20.6 Å². The fourth-order valence-electron chi connectivity index (χ4n) is 4.73. The van der Waals surface area contributed by atoms with Crippen LogP contribution in [0.5, 0.6) is 0 Å². The molecule has 1 aromatic carbocycles. The molecule has 1 nitrogen and oxygen atoms in total. The van der Waals surface area contributed by atoms with Crippen molar-refractivity contribution >= 4 is 0 Å². The van der Waals surface area contributed by atoms with E-state index in [9.17, 15) is 0 Å². The maximum atomic E-state index is 2.44. The SMILES string of the molecule is CCCCCCCCCCCCCCCC[N+](C)(C)C(C)(C)c1ccccc1CC.[Cl-]. The Bertz CT molecular complexity index is 549. The van der Waals surface area contributed by atoms with Crippen molar-refractivity contribution in [2.75, 3.05) is 20.6 Å². The molecule has 0 atom stereocenters. The summed E-state index contributed by atoms with van der Waals surface area (Å²) in [6, 6.07) is 9.06. The van der Waals surface area contributed by atoms with Crippen LogP contribution in [-0.4, -0.2) is 25.1 Å². The number of halogens is 1. The Morgan fingerprint density at radius 2 is 1.06 bits per heavy atom. The molecule has 0 aliphatic rings. The fraction of sp³-hybridized carbons (Fsp3) is 0.793. The lowest BCUT2D eigenvalue weighted by atomic mass is 9.85. The Morgan fingerprint density at radius 1 is 0.645 bits per heavy atom. The van der Waals surface area contributed by atoms with Crippen molar-refractivity contribution in [3.8, 4) is 0 Å². The quantitative estimate of drug-likeness (QED) is 0.188. The van der Waals surface area contributed by atoms with Gasteiger partial charge in [0, 0.05) is 5.56 Å². The van der Waals surface area contributed by atoms with Gasteiger partial charge in [0.25, 0.3) is 0 Å². The maximum absolute atomic E-state index is 2.44. The van der Waals surface area contributed by atoms with Gasteiger partial charge >= 0.3 is 0 Å². The highest BCUT2D eigenvalue weighted by Gasteiger charge is 2.38. The van der Waals surface area contributed by atoms with Gasteiger partial charge in [-0.25, -0.2) is 0 Å². The van der Waals surface area contributed by atoms with Crippen LogP contribution in [0.4, 0.5) is 0 Å². The lowest BCUT2D eigenvalue weighted by molar-refractivity contribution is -0.945. The number of nitrogens with zero attached hydrogens (tertiary/aromatic N) is 1. The van der Waals surface area contributed by atoms with Crippen LogP contribution in [0.15, 0.2) is 24.3 Å². The van der Waals surface area contributed by atoms with E-state index < -0.39 is 0 Å². The zero-order valence-corrected chi connectivity index (χ0v) is 22.7. The number of hydrogen-bond donors (Lipinski definition) is 0. The summed E-state index contributed by atoms with van der Waals surface area (Å²) in [5, 5.41) is 0. The summed E-state index contributed by atoms with van der Waals surface area (Å²) in [4.78, 5) is 0. The van der Waals surface area contributed by atoms with Crippen molar-refractivity contribution in [2.24, 2.45) is 0 Å². The zero-order valence-electron chi connectivity index (χ0n) is 21.9. The van der Waals surface area contributed by atoms with Crippen LogP contribution in [0, 0.1) is 0 Å². The molecular formula is C29H54ClN. The average molecular weight is 452 g/mol. The van der Waals surface area contributed by atoms with Crippen LogP contribution >= 0.6 is 0 Å². The molecule has 31 heavy (non-hydrogen) atoms. The number of hydrogen-bond acceptors (Lipinski definition) is 0. The zero-order chi connectivity index (χ0) is 22.3. The molecule has 0 heterocycles. The molecule has 0 aliphatic carbocycles. The van der Waals surface area contributed by atoms with E-state index >= 15 is 0 Å². The second-order valence-corrected chi connectivity index (χ2v) is 10.6. The average Bonchev–Trinajstić information content (AvgIpc) is 2.73. The monoisotopic (exact) mass is 451 g/mol. The first-order valence-corrected chi connectivity index (χ1v) is 13.3. The summed E-state index contributed by atoms with van der Waals surface area (Å²) >= 11 is 0. The first-order chi connectivity index (χ1) is 14.4. The molecule has 0 aromatic heterocycles. The van der Waals surface area contributed by atoms with Crippen molar-refractivity contribution in [3.63, 3.8) is 0 Å². The topological polar surface area (TPSA) is 0 Å². The maximum Gasteiger partial charge on any atom is 0.119 e. The number of aryl methyl sites for hydroxylation is 1. The number of unbranched alkanes of at least 4 members (excludes halogenated alkanes) is 13. The van der Waals surface area contributed by atoms with E-state index in [2.05, 4.69) is 66.1 Å².